The van der Waals surface area contributed by atoms with E-state index in [1.54, 1.807) is 22.7 Å². The summed E-state index contributed by atoms with van der Waals surface area (Å²) < 4.78 is 53.8. The van der Waals surface area contributed by atoms with Crippen LogP contribution in [0.4, 0.5) is 20.2 Å². The van der Waals surface area contributed by atoms with Crippen LogP contribution in [0.3, 0.4) is 0 Å². The highest BCUT2D eigenvalue weighted by atomic mass is 32.2. The number of thioether (sulfide) groups is 1. The summed E-state index contributed by atoms with van der Waals surface area (Å²) >= 11 is 1.56. The molecular weight excluding hydrogens is 382 g/mol. The molecule has 2 aromatic carbocycles. The summed E-state index contributed by atoms with van der Waals surface area (Å²) in [5.74, 6) is -1.55. The van der Waals surface area contributed by atoms with E-state index in [4.69, 9.17) is 0 Å². The molecule has 0 saturated carbocycles. The van der Waals surface area contributed by atoms with Crippen molar-refractivity contribution >= 4 is 39.1 Å². The topological polar surface area (TPSA) is 66.5 Å². The van der Waals surface area contributed by atoms with Crippen molar-refractivity contribution in [2.75, 3.05) is 21.9 Å². The number of nitrogens with one attached hydrogen (secondary N) is 1. The summed E-state index contributed by atoms with van der Waals surface area (Å²) in [5, 5.41) is 0. The minimum absolute atomic E-state index is 0.0604. The van der Waals surface area contributed by atoms with E-state index in [-0.39, 0.29) is 16.5 Å². The van der Waals surface area contributed by atoms with Crippen LogP contribution in [0.25, 0.3) is 0 Å². The average molecular weight is 398 g/mol. The van der Waals surface area contributed by atoms with Gasteiger partial charge >= 0.3 is 0 Å². The van der Waals surface area contributed by atoms with Crippen molar-refractivity contribution in [2.45, 2.75) is 23.1 Å². The SMILES string of the molecule is CC(=O)N1CCCSc2ccc(S(=O)(=O)Nc3ccc(F)c(F)c3)cc21. The van der Waals surface area contributed by atoms with Gasteiger partial charge in [0.25, 0.3) is 10.0 Å². The van der Waals surface area contributed by atoms with Crippen molar-refractivity contribution in [1.82, 2.24) is 0 Å². The maximum Gasteiger partial charge on any atom is 0.261 e. The summed E-state index contributed by atoms with van der Waals surface area (Å²) in [6.45, 7) is 1.94. The molecule has 138 valence electrons. The Morgan fingerprint density at radius 3 is 2.62 bits per heavy atom. The van der Waals surface area contributed by atoms with Crippen molar-refractivity contribution in [2.24, 2.45) is 0 Å². The number of halogens is 2. The third-order valence-electron chi connectivity index (χ3n) is 3.87. The fraction of sp³-hybridized carbons (Fsp3) is 0.235. The lowest BCUT2D eigenvalue weighted by molar-refractivity contribution is -0.116. The molecular formula is C17H16F2N2O3S2. The molecule has 1 N–H and O–H groups in total. The molecule has 1 aliphatic heterocycles. The van der Waals surface area contributed by atoms with Crippen LogP contribution in [0, 0.1) is 11.6 Å². The van der Waals surface area contributed by atoms with Crippen LogP contribution in [0.15, 0.2) is 46.2 Å². The van der Waals surface area contributed by atoms with Gasteiger partial charge < -0.3 is 4.90 Å². The summed E-state index contributed by atoms with van der Waals surface area (Å²) in [7, 11) is -4.02. The molecule has 5 nitrogen and oxygen atoms in total. The van der Waals surface area contributed by atoms with Gasteiger partial charge in [0.15, 0.2) is 11.6 Å². The molecule has 1 heterocycles. The quantitative estimate of drug-likeness (QED) is 0.858. The molecule has 2 aromatic rings. The van der Waals surface area contributed by atoms with Crippen molar-refractivity contribution in [3.05, 3.63) is 48.0 Å². The maximum atomic E-state index is 13.3. The molecule has 0 atom stereocenters. The lowest BCUT2D eigenvalue weighted by Crippen LogP contribution is -2.29. The normalized spacial score (nSPS) is 14.5. The first-order valence-electron chi connectivity index (χ1n) is 7.81. The summed E-state index contributed by atoms with van der Waals surface area (Å²) in [5.41, 5.74) is 0.449. The van der Waals surface area contributed by atoms with Gasteiger partial charge in [-0.05, 0) is 42.5 Å². The highest BCUT2D eigenvalue weighted by Gasteiger charge is 2.23. The van der Waals surface area contributed by atoms with Gasteiger partial charge in [0, 0.05) is 24.4 Å². The Kier molecular flexibility index (Phi) is 5.19. The number of benzene rings is 2. The van der Waals surface area contributed by atoms with Crippen LogP contribution < -0.4 is 9.62 Å². The number of hydrogen-bond donors (Lipinski definition) is 1. The van der Waals surface area contributed by atoms with Crippen molar-refractivity contribution in [1.29, 1.82) is 0 Å². The standard InChI is InChI=1S/C17H16F2N2O3S2/c1-11(22)21-7-2-8-25-17-6-4-13(10-16(17)21)26(23,24)20-12-3-5-14(18)15(19)9-12/h3-6,9-10,20H,2,7-8H2,1H3. The number of carbonyl (C=O) groups excluding carboxylic acids is 1. The lowest BCUT2D eigenvalue weighted by atomic mass is 10.2. The Morgan fingerprint density at radius 2 is 1.92 bits per heavy atom. The monoisotopic (exact) mass is 398 g/mol. The van der Waals surface area contributed by atoms with E-state index < -0.39 is 21.7 Å². The largest absolute Gasteiger partial charge is 0.311 e. The molecule has 0 saturated heterocycles. The molecule has 0 bridgehead atoms. The third kappa shape index (κ3) is 3.83. The molecule has 0 radical (unpaired) electrons. The second kappa shape index (κ2) is 7.24. The number of rotatable bonds is 3. The van der Waals surface area contributed by atoms with Crippen molar-refractivity contribution < 1.29 is 22.0 Å². The molecule has 1 amide bonds. The lowest BCUT2D eigenvalue weighted by Gasteiger charge is -2.21. The summed E-state index contributed by atoms with van der Waals surface area (Å²) in [6.07, 6.45) is 0.800. The maximum absolute atomic E-state index is 13.3. The van der Waals surface area contributed by atoms with E-state index >= 15 is 0 Å². The highest BCUT2D eigenvalue weighted by molar-refractivity contribution is 7.99. The number of sulfonamides is 1. The fourth-order valence-corrected chi connectivity index (χ4v) is 4.67. The molecule has 0 aromatic heterocycles. The molecule has 0 spiro atoms. The van der Waals surface area contributed by atoms with E-state index in [0.717, 1.165) is 35.3 Å². The van der Waals surface area contributed by atoms with E-state index in [1.165, 1.54) is 19.1 Å². The van der Waals surface area contributed by atoms with Crippen LogP contribution in [-0.2, 0) is 14.8 Å². The number of nitrogens with zero attached hydrogens (tertiary/aromatic N) is 1. The number of amides is 1. The van der Waals surface area contributed by atoms with E-state index in [1.807, 2.05) is 0 Å². The molecule has 0 unspecified atom stereocenters. The first-order chi connectivity index (χ1) is 12.3. The minimum atomic E-state index is -4.02. The fourth-order valence-electron chi connectivity index (χ4n) is 2.62. The van der Waals surface area contributed by atoms with E-state index in [2.05, 4.69) is 4.72 Å². The van der Waals surface area contributed by atoms with Crippen LogP contribution >= 0.6 is 11.8 Å². The second-order valence-corrected chi connectivity index (χ2v) is 8.56. The highest BCUT2D eigenvalue weighted by Crippen LogP contribution is 2.36. The van der Waals surface area contributed by atoms with Crippen LogP contribution in [0.1, 0.15) is 13.3 Å². The predicted octanol–water partition coefficient (Wildman–Crippen LogP) is 3.61. The molecule has 3 rings (SSSR count). The molecule has 0 aliphatic carbocycles. The predicted molar refractivity (Wildman–Crippen MR) is 97.0 cm³/mol. The summed E-state index contributed by atoms with van der Waals surface area (Å²) in [6, 6.07) is 7.26. The number of hydrogen-bond acceptors (Lipinski definition) is 4. The first kappa shape index (κ1) is 18.7. The number of anilines is 2. The summed E-state index contributed by atoms with van der Waals surface area (Å²) in [4.78, 5) is 14.2. The smallest absolute Gasteiger partial charge is 0.261 e. The number of carbonyl (C=O) groups is 1. The van der Waals surface area contributed by atoms with Gasteiger partial charge in [-0.2, -0.15) is 0 Å². The Bertz CT molecular complexity index is 964. The van der Waals surface area contributed by atoms with Crippen molar-refractivity contribution in [3.8, 4) is 0 Å². The third-order valence-corrected chi connectivity index (χ3v) is 6.40. The van der Waals surface area contributed by atoms with Gasteiger partial charge in [0.05, 0.1) is 16.3 Å². The Morgan fingerprint density at radius 1 is 1.15 bits per heavy atom. The molecule has 9 heteroatoms. The van der Waals surface area contributed by atoms with Gasteiger partial charge in [-0.3, -0.25) is 9.52 Å². The zero-order chi connectivity index (χ0) is 18.9. The van der Waals surface area contributed by atoms with Gasteiger partial charge in [-0.1, -0.05) is 0 Å². The minimum Gasteiger partial charge on any atom is -0.311 e. The average Bonchev–Trinajstić information content (AvgIpc) is 2.79. The molecule has 26 heavy (non-hydrogen) atoms. The molecule has 0 fully saturated rings. The van der Waals surface area contributed by atoms with Gasteiger partial charge in [-0.15, -0.1) is 11.8 Å². The van der Waals surface area contributed by atoms with E-state index in [9.17, 15) is 22.0 Å². The van der Waals surface area contributed by atoms with Crippen LogP contribution in [0.2, 0.25) is 0 Å². The Balaban J connectivity index is 1.97. The van der Waals surface area contributed by atoms with Crippen molar-refractivity contribution in [3.63, 3.8) is 0 Å². The van der Waals surface area contributed by atoms with Crippen LogP contribution in [-0.4, -0.2) is 26.6 Å². The second-order valence-electron chi connectivity index (χ2n) is 5.74. The van der Waals surface area contributed by atoms with E-state index in [0.29, 0.717) is 12.2 Å². The van der Waals surface area contributed by atoms with Gasteiger partial charge in [0.1, 0.15) is 0 Å². The Hall–Kier alpha value is -2.13. The first-order valence-corrected chi connectivity index (χ1v) is 10.3. The Labute approximate surface area is 154 Å². The zero-order valence-corrected chi connectivity index (χ0v) is 15.5. The van der Waals surface area contributed by atoms with Crippen LogP contribution in [0.5, 0.6) is 0 Å². The molecule has 1 aliphatic rings. The van der Waals surface area contributed by atoms with Gasteiger partial charge in [-0.25, -0.2) is 17.2 Å². The van der Waals surface area contributed by atoms with Gasteiger partial charge in [0.2, 0.25) is 5.91 Å². The number of fused-ring (bicyclic) bond motifs is 1. The zero-order valence-electron chi connectivity index (χ0n) is 13.8.